The van der Waals surface area contributed by atoms with Gasteiger partial charge in [-0.05, 0) is 24.6 Å². The molecule has 4 heteroatoms. The van der Waals surface area contributed by atoms with Gasteiger partial charge in [0, 0.05) is 5.39 Å². The van der Waals surface area contributed by atoms with E-state index in [0.717, 1.165) is 22.0 Å². The number of aromatic nitrogens is 1. The van der Waals surface area contributed by atoms with Gasteiger partial charge in [0.1, 0.15) is 11.6 Å². The van der Waals surface area contributed by atoms with E-state index in [1.807, 2.05) is 61.5 Å². The molecule has 3 aromatic rings. The molecule has 0 unspecified atom stereocenters. The fraction of sp³-hybridized carbons (Fsp3) is 0.111. The van der Waals surface area contributed by atoms with Crippen LogP contribution in [0.1, 0.15) is 16.7 Å². The fourth-order valence-electron chi connectivity index (χ4n) is 2.55. The molecule has 0 N–H and O–H groups in total. The standard InChI is InChI=1S/C18H13ClN2O/c1-12-7-8-16-14(9-12)17(19)15(10-20)18(22)21(16)11-13-5-3-2-4-6-13/h2-9H,11H2,1H3. The summed E-state index contributed by atoms with van der Waals surface area (Å²) in [6.07, 6.45) is 0. The van der Waals surface area contributed by atoms with Crippen LogP contribution in [-0.4, -0.2) is 4.57 Å². The van der Waals surface area contributed by atoms with Crippen LogP contribution in [0.15, 0.2) is 53.3 Å². The molecule has 0 saturated carbocycles. The first-order chi connectivity index (χ1) is 10.6. The number of hydrogen-bond donors (Lipinski definition) is 0. The largest absolute Gasteiger partial charge is 0.303 e. The number of aryl methyl sites for hydroxylation is 1. The molecule has 1 heterocycles. The summed E-state index contributed by atoms with van der Waals surface area (Å²) in [5.41, 5.74) is 2.41. The topological polar surface area (TPSA) is 45.8 Å². The average Bonchev–Trinajstić information content (AvgIpc) is 2.53. The molecular weight excluding hydrogens is 296 g/mol. The van der Waals surface area contributed by atoms with Gasteiger partial charge in [0.2, 0.25) is 0 Å². The third-order valence-electron chi connectivity index (χ3n) is 3.65. The van der Waals surface area contributed by atoms with Crippen molar-refractivity contribution in [3.63, 3.8) is 0 Å². The van der Waals surface area contributed by atoms with E-state index in [2.05, 4.69) is 0 Å². The molecule has 0 radical (unpaired) electrons. The second kappa shape index (κ2) is 5.67. The highest BCUT2D eigenvalue weighted by atomic mass is 35.5. The minimum Gasteiger partial charge on any atom is -0.303 e. The first-order valence-electron chi connectivity index (χ1n) is 6.88. The van der Waals surface area contributed by atoms with Crippen LogP contribution in [0.25, 0.3) is 10.9 Å². The van der Waals surface area contributed by atoms with Crippen LogP contribution < -0.4 is 5.56 Å². The number of nitrogens with zero attached hydrogens (tertiary/aromatic N) is 2. The van der Waals surface area contributed by atoms with Crippen LogP contribution in [0.2, 0.25) is 5.02 Å². The third-order valence-corrected chi connectivity index (χ3v) is 4.05. The predicted octanol–water partition coefficient (Wildman–Crippen LogP) is 3.88. The molecule has 0 saturated heterocycles. The summed E-state index contributed by atoms with van der Waals surface area (Å²) in [5.74, 6) is 0. The van der Waals surface area contributed by atoms with Crippen LogP contribution >= 0.6 is 11.6 Å². The SMILES string of the molecule is Cc1ccc2c(c1)c(Cl)c(C#N)c(=O)n2Cc1ccccc1. The molecule has 0 atom stereocenters. The van der Waals surface area contributed by atoms with Crippen molar-refractivity contribution in [1.82, 2.24) is 4.57 Å². The molecule has 22 heavy (non-hydrogen) atoms. The number of nitriles is 1. The van der Waals surface area contributed by atoms with Gasteiger partial charge in [0.25, 0.3) is 5.56 Å². The number of benzene rings is 2. The Hall–Kier alpha value is -2.57. The van der Waals surface area contributed by atoms with E-state index in [1.54, 1.807) is 4.57 Å². The number of hydrogen-bond acceptors (Lipinski definition) is 2. The quantitative estimate of drug-likeness (QED) is 0.721. The summed E-state index contributed by atoms with van der Waals surface area (Å²) < 4.78 is 1.61. The van der Waals surface area contributed by atoms with Crippen LogP contribution in [0.4, 0.5) is 0 Å². The summed E-state index contributed by atoms with van der Waals surface area (Å²) in [5, 5.41) is 10.2. The van der Waals surface area contributed by atoms with Gasteiger partial charge in [-0.2, -0.15) is 5.26 Å². The first kappa shape index (κ1) is 14.4. The lowest BCUT2D eigenvalue weighted by atomic mass is 10.1. The Labute approximate surface area is 133 Å². The molecule has 0 spiro atoms. The molecule has 1 aromatic heterocycles. The van der Waals surface area contributed by atoms with E-state index < -0.39 is 0 Å². The van der Waals surface area contributed by atoms with Gasteiger partial charge in [-0.15, -0.1) is 0 Å². The second-order valence-corrected chi connectivity index (χ2v) is 5.58. The van der Waals surface area contributed by atoms with E-state index >= 15 is 0 Å². The summed E-state index contributed by atoms with van der Waals surface area (Å²) >= 11 is 6.26. The molecule has 0 amide bonds. The average molecular weight is 309 g/mol. The maximum Gasteiger partial charge on any atom is 0.270 e. The van der Waals surface area contributed by atoms with Crippen molar-refractivity contribution in [2.75, 3.05) is 0 Å². The number of fused-ring (bicyclic) bond motifs is 1. The van der Waals surface area contributed by atoms with Gasteiger partial charge in [0.05, 0.1) is 17.1 Å². The second-order valence-electron chi connectivity index (χ2n) is 5.20. The lowest BCUT2D eigenvalue weighted by molar-refractivity contribution is 0.792. The molecule has 0 aliphatic heterocycles. The van der Waals surface area contributed by atoms with E-state index in [9.17, 15) is 10.1 Å². The maximum atomic E-state index is 12.6. The summed E-state index contributed by atoms with van der Waals surface area (Å²) in [6, 6.07) is 17.3. The molecule has 0 aliphatic rings. The molecule has 0 fully saturated rings. The van der Waals surface area contributed by atoms with Gasteiger partial charge in [-0.1, -0.05) is 53.6 Å². The minimum atomic E-state index is -0.354. The molecule has 0 bridgehead atoms. The molecular formula is C18H13ClN2O. The predicted molar refractivity (Wildman–Crippen MR) is 88.2 cm³/mol. The van der Waals surface area contributed by atoms with Gasteiger partial charge in [-0.3, -0.25) is 4.79 Å². The smallest absolute Gasteiger partial charge is 0.270 e. The highest BCUT2D eigenvalue weighted by molar-refractivity contribution is 6.36. The van der Waals surface area contributed by atoms with E-state index in [-0.39, 0.29) is 16.1 Å². The Kier molecular flexibility index (Phi) is 3.70. The zero-order valence-electron chi connectivity index (χ0n) is 12.0. The van der Waals surface area contributed by atoms with Crippen molar-refractivity contribution in [3.8, 4) is 6.07 Å². The zero-order chi connectivity index (χ0) is 15.7. The highest BCUT2D eigenvalue weighted by Crippen LogP contribution is 2.26. The van der Waals surface area contributed by atoms with Crippen molar-refractivity contribution in [1.29, 1.82) is 5.26 Å². The van der Waals surface area contributed by atoms with Gasteiger partial charge < -0.3 is 4.57 Å². The van der Waals surface area contributed by atoms with Crippen LogP contribution in [0.5, 0.6) is 0 Å². The van der Waals surface area contributed by atoms with Crippen LogP contribution in [0.3, 0.4) is 0 Å². The Morgan fingerprint density at radius 1 is 1.18 bits per heavy atom. The van der Waals surface area contributed by atoms with Gasteiger partial charge in [0.15, 0.2) is 0 Å². The molecule has 2 aromatic carbocycles. The monoisotopic (exact) mass is 308 g/mol. The van der Waals surface area contributed by atoms with E-state index in [0.29, 0.717) is 6.54 Å². The molecule has 3 nitrogen and oxygen atoms in total. The van der Waals surface area contributed by atoms with Gasteiger partial charge >= 0.3 is 0 Å². The fourth-order valence-corrected chi connectivity index (χ4v) is 2.83. The zero-order valence-corrected chi connectivity index (χ0v) is 12.8. The molecule has 3 rings (SSSR count). The van der Waals surface area contributed by atoms with Crippen molar-refractivity contribution in [3.05, 3.63) is 80.6 Å². The molecule has 108 valence electrons. The van der Waals surface area contributed by atoms with Crippen molar-refractivity contribution < 1.29 is 0 Å². The first-order valence-corrected chi connectivity index (χ1v) is 7.26. The Bertz CT molecular complexity index is 953. The van der Waals surface area contributed by atoms with E-state index in [4.69, 9.17) is 11.6 Å². The summed E-state index contributed by atoms with van der Waals surface area (Å²) in [4.78, 5) is 12.6. The summed E-state index contributed by atoms with van der Waals surface area (Å²) in [7, 11) is 0. The Morgan fingerprint density at radius 3 is 2.59 bits per heavy atom. The number of halogens is 1. The van der Waals surface area contributed by atoms with Crippen molar-refractivity contribution >= 4 is 22.5 Å². The van der Waals surface area contributed by atoms with Crippen molar-refractivity contribution in [2.24, 2.45) is 0 Å². The lowest BCUT2D eigenvalue weighted by Gasteiger charge is -2.13. The molecule has 0 aliphatic carbocycles. The third kappa shape index (κ3) is 2.38. The Balaban J connectivity index is 2.33. The van der Waals surface area contributed by atoms with E-state index in [1.165, 1.54) is 0 Å². The highest BCUT2D eigenvalue weighted by Gasteiger charge is 2.15. The van der Waals surface area contributed by atoms with Crippen LogP contribution in [-0.2, 0) is 6.54 Å². The maximum absolute atomic E-state index is 12.6. The number of pyridine rings is 1. The number of rotatable bonds is 2. The van der Waals surface area contributed by atoms with Crippen LogP contribution in [0, 0.1) is 18.3 Å². The minimum absolute atomic E-state index is 0.00398. The normalized spacial score (nSPS) is 10.6. The van der Waals surface area contributed by atoms with Crippen molar-refractivity contribution in [2.45, 2.75) is 13.5 Å². The summed E-state index contributed by atoms with van der Waals surface area (Å²) in [6.45, 7) is 2.36. The Morgan fingerprint density at radius 2 is 1.91 bits per heavy atom. The lowest BCUT2D eigenvalue weighted by Crippen LogP contribution is -2.24. The van der Waals surface area contributed by atoms with Gasteiger partial charge in [-0.25, -0.2) is 0 Å².